The maximum atomic E-state index is 12.7. The SMILES string of the molecule is CNC(=O)C1(Cc2ccccc2)CN(C2CCN(C(=O)c3cccnc3)CC2)C1. The van der Waals surface area contributed by atoms with E-state index in [2.05, 4.69) is 27.3 Å². The number of rotatable bonds is 5. The number of amides is 2. The van der Waals surface area contributed by atoms with Crippen LogP contribution in [0.2, 0.25) is 0 Å². The lowest BCUT2D eigenvalue weighted by Crippen LogP contribution is -2.67. The van der Waals surface area contributed by atoms with Gasteiger partial charge in [-0.15, -0.1) is 0 Å². The van der Waals surface area contributed by atoms with E-state index in [1.807, 2.05) is 29.2 Å². The predicted molar refractivity (Wildman–Crippen MR) is 111 cm³/mol. The van der Waals surface area contributed by atoms with Crippen LogP contribution in [-0.4, -0.2) is 65.9 Å². The maximum Gasteiger partial charge on any atom is 0.255 e. The molecule has 2 fully saturated rings. The van der Waals surface area contributed by atoms with Crippen LogP contribution >= 0.6 is 0 Å². The second-order valence-corrected chi connectivity index (χ2v) is 8.19. The van der Waals surface area contributed by atoms with Crippen molar-refractivity contribution in [3.8, 4) is 0 Å². The molecular formula is C23H28N4O2. The van der Waals surface area contributed by atoms with Crippen molar-refractivity contribution in [2.75, 3.05) is 33.2 Å². The minimum Gasteiger partial charge on any atom is -0.359 e. The number of nitrogens with one attached hydrogen (secondary N) is 1. The Morgan fingerprint density at radius 1 is 1.10 bits per heavy atom. The van der Waals surface area contributed by atoms with Crippen molar-refractivity contribution in [3.05, 3.63) is 66.0 Å². The zero-order valence-electron chi connectivity index (χ0n) is 16.9. The highest BCUT2D eigenvalue weighted by atomic mass is 16.2. The van der Waals surface area contributed by atoms with Crippen LogP contribution in [0.4, 0.5) is 0 Å². The molecule has 4 rings (SSSR count). The van der Waals surface area contributed by atoms with Crippen molar-refractivity contribution in [3.63, 3.8) is 0 Å². The Bertz CT molecular complexity index is 842. The number of hydrogen-bond acceptors (Lipinski definition) is 4. The Kier molecular flexibility index (Phi) is 5.62. The Morgan fingerprint density at radius 2 is 1.83 bits per heavy atom. The molecule has 29 heavy (non-hydrogen) atoms. The number of carbonyl (C=O) groups is 2. The molecule has 0 radical (unpaired) electrons. The van der Waals surface area contributed by atoms with Crippen LogP contribution in [0.25, 0.3) is 0 Å². The molecule has 0 spiro atoms. The average Bonchev–Trinajstić information content (AvgIpc) is 2.76. The molecule has 152 valence electrons. The molecule has 3 heterocycles. The van der Waals surface area contributed by atoms with Gasteiger partial charge >= 0.3 is 0 Å². The van der Waals surface area contributed by atoms with Crippen molar-refractivity contribution in [2.24, 2.45) is 5.41 Å². The quantitative estimate of drug-likeness (QED) is 0.845. The number of aromatic nitrogens is 1. The molecule has 0 unspecified atom stereocenters. The van der Waals surface area contributed by atoms with E-state index in [-0.39, 0.29) is 17.2 Å². The monoisotopic (exact) mass is 392 g/mol. The van der Waals surface area contributed by atoms with Gasteiger partial charge in [0, 0.05) is 51.7 Å². The number of nitrogens with zero attached hydrogens (tertiary/aromatic N) is 3. The second kappa shape index (κ2) is 8.33. The predicted octanol–water partition coefficient (Wildman–Crippen LogP) is 1.98. The van der Waals surface area contributed by atoms with Gasteiger partial charge in [-0.1, -0.05) is 30.3 Å². The van der Waals surface area contributed by atoms with Crippen LogP contribution in [-0.2, 0) is 11.2 Å². The molecule has 2 amide bonds. The van der Waals surface area contributed by atoms with E-state index in [1.54, 1.807) is 25.5 Å². The molecule has 0 atom stereocenters. The second-order valence-electron chi connectivity index (χ2n) is 8.19. The summed E-state index contributed by atoms with van der Waals surface area (Å²) in [6.45, 7) is 3.06. The van der Waals surface area contributed by atoms with Gasteiger partial charge in [0.25, 0.3) is 5.91 Å². The number of carbonyl (C=O) groups excluding carboxylic acids is 2. The fraction of sp³-hybridized carbons (Fsp3) is 0.435. The van der Waals surface area contributed by atoms with Crippen molar-refractivity contribution < 1.29 is 9.59 Å². The Morgan fingerprint density at radius 3 is 2.45 bits per heavy atom. The first-order valence-electron chi connectivity index (χ1n) is 10.3. The van der Waals surface area contributed by atoms with Crippen molar-refractivity contribution in [1.29, 1.82) is 0 Å². The molecule has 2 aliphatic heterocycles. The highest BCUT2D eigenvalue weighted by Crippen LogP contribution is 2.38. The summed E-state index contributed by atoms with van der Waals surface area (Å²) in [5.41, 5.74) is 1.50. The molecule has 1 aromatic carbocycles. The van der Waals surface area contributed by atoms with E-state index in [4.69, 9.17) is 0 Å². The maximum absolute atomic E-state index is 12.7. The van der Waals surface area contributed by atoms with E-state index in [9.17, 15) is 9.59 Å². The summed E-state index contributed by atoms with van der Waals surface area (Å²) in [5, 5.41) is 2.87. The van der Waals surface area contributed by atoms with Gasteiger partial charge in [0.15, 0.2) is 0 Å². The summed E-state index contributed by atoms with van der Waals surface area (Å²) in [5.74, 6) is 0.186. The summed E-state index contributed by atoms with van der Waals surface area (Å²) in [7, 11) is 1.72. The average molecular weight is 393 g/mol. The van der Waals surface area contributed by atoms with Crippen LogP contribution in [0.1, 0.15) is 28.8 Å². The third kappa shape index (κ3) is 4.03. The van der Waals surface area contributed by atoms with Crippen molar-refractivity contribution >= 4 is 11.8 Å². The van der Waals surface area contributed by atoms with Gasteiger partial charge in [-0.3, -0.25) is 19.5 Å². The van der Waals surface area contributed by atoms with Crippen LogP contribution in [0.15, 0.2) is 54.9 Å². The highest BCUT2D eigenvalue weighted by Gasteiger charge is 2.50. The molecule has 6 nitrogen and oxygen atoms in total. The Balaban J connectivity index is 1.34. The number of likely N-dealkylation sites (tertiary alicyclic amines) is 2. The van der Waals surface area contributed by atoms with Gasteiger partial charge in [0.1, 0.15) is 0 Å². The number of piperidine rings is 1. The van der Waals surface area contributed by atoms with E-state index < -0.39 is 0 Å². The van der Waals surface area contributed by atoms with E-state index in [1.165, 1.54) is 5.56 Å². The van der Waals surface area contributed by atoms with Crippen molar-refractivity contribution in [1.82, 2.24) is 20.1 Å². The molecule has 2 aliphatic rings. The summed E-state index contributed by atoms with van der Waals surface area (Å²) in [4.78, 5) is 33.7. The summed E-state index contributed by atoms with van der Waals surface area (Å²) in [6.07, 6.45) is 5.97. The Labute approximate surface area is 171 Å². The first-order chi connectivity index (χ1) is 14.1. The van der Waals surface area contributed by atoms with Crippen LogP contribution in [0.5, 0.6) is 0 Å². The third-order valence-electron chi connectivity index (χ3n) is 6.28. The largest absolute Gasteiger partial charge is 0.359 e. The molecule has 2 saturated heterocycles. The van der Waals surface area contributed by atoms with Gasteiger partial charge in [0.2, 0.25) is 5.91 Å². The Hall–Kier alpha value is -2.73. The topological polar surface area (TPSA) is 65.5 Å². The molecule has 6 heteroatoms. The summed E-state index contributed by atoms with van der Waals surface area (Å²) in [6, 6.07) is 14.3. The van der Waals surface area contributed by atoms with Gasteiger partial charge in [-0.2, -0.15) is 0 Å². The molecule has 0 saturated carbocycles. The molecule has 0 aliphatic carbocycles. The molecular weight excluding hydrogens is 364 g/mol. The van der Waals surface area contributed by atoms with Crippen molar-refractivity contribution in [2.45, 2.75) is 25.3 Å². The van der Waals surface area contributed by atoms with Gasteiger partial charge in [-0.05, 0) is 37.0 Å². The van der Waals surface area contributed by atoms with Crippen LogP contribution < -0.4 is 5.32 Å². The lowest BCUT2D eigenvalue weighted by atomic mass is 9.72. The first-order valence-corrected chi connectivity index (χ1v) is 10.3. The number of pyridine rings is 1. The summed E-state index contributed by atoms with van der Waals surface area (Å²) < 4.78 is 0. The molecule has 1 aromatic heterocycles. The van der Waals surface area contributed by atoms with Crippen LogP contribution in [0, 0.1) is 5.41 Å². The minimum atomic E-state index is -0.348. The highest BCUT2D eigenvalue weighted by molar-refractivity contribution is 5.93. The van der Waals surface area contributed by atoms with Gasteiger partial charge < -0.3 is 10.2 Å². The molecule has 2 aromatic rings. The van der Waals surface area contributed by atoms with E-state index in [0.717, 1.165) is 45.4 Å². The van der Waals surface area contributed by atoms with Gasteiger partial charge in [0.05, 0.1) is 11.0 Å². The lowest BCUT2D eigenvalue weighted by molar-refractivity contribution is -0.144. The normalized spacial score (nSPS) is 19.4. The van der Waals surface area contributed by atoms with Gasteiger partial charge in [-0.25, -0.2) is 0 Å². The zero-order valence-corrected chi connectivity index (χ0v) is 16.9. The smallest absolute Gasteiger partial charge is 0.255 e. The fourth-order valence-electron chi connectivity index (χ4n) is 4.68. The first kappa shape index (κ1) is 19.6. The summed E-state index contributed by atoms with van der Waals surface area (Å²) >= 11 is 0. The number of hydrogen-bond donors (Lipinski definition) is 1. The fourth-order valence-corrected chi connectivity index (χ4v) is 4.68. The van der Waals surface area contributed by atoms with Crippen LogP contribution in [0.3, 0.4) is 0 Å². The van der Waals surface area contributed by atoms with E-state index in [0.29, 0.717) is 11.6 Å². The number of benzene rings is 1. The zero-order chi connectivity index (χ0) is 20.3. The van der Waals surface area contributed by atoms with E-state index >= 15 is 0 Å². The minimum absolute atomic E-state index is 0.0592. The molecule has 1 N–H and O–H groups in total. The molecule has 0 bridgehead atoms. The standard InChI is InChI=1S/C23H28N4O2/c1-24-22(29)23(14-18-6-3-2-4-7-18)16-27(17-23)20-9-12-26(13-10-20)21(28)19-8-5-11-25-15-19/h2-8,11,15,20H,9-10,12-14,16-17H2,1H3,(H,24,29). The third-order valence-corrected chi connectivity index (χ3v) is 6.28. The lowest BCUT2D eigenvalue weighted by Gasteiger charge is -2.53.